The Bertz CT molecular complexity index is 558. The highest BCUT2D eigenvalue weighted by atomic mass is 16.4. The molecule has 0 unspecified atom stereocenters. The third-order valence-electron chi connectivity index (χ3n) is 2.53. The molecule has 0 aromatic carbocycles. The number of carboxylic acids is 1. The maximum Gasteiger partial charge on any atom is 0.337 e. The molecule has 0 aliphatic heterocycles. The summed E-state index contributed by atoms with van der Waals surface area (Å²) in [4.78, 5) is 15.3. The molecule has 0 fully saturated rings. The molecule has 0 saturated carbocycles. The first kappa shape index (κ1) is 11.4. The molecular formula is C13H13NO3. The number of hydrogen-bond donors (Lipinski definition) is 1. The van der Waals surface area contributed by atoms with E-state index in [9.17, 15) is 4.79 Å². The van der Waals surface area contributed by atoms with Gasteiger partial charge in [-0.25, -0.2) is 9.78 Å². The molecule has 2 aromatic heterocycles. The number of carboxylic acid groups (broad SMARTS) is 1. The highest BCUT2D eigenvalue weighted by Gasteiger charge is 2.12. The number of carbonyl (C=O) groups is 1. The average molecular weight is 231 g/mol. The smallest absolute Gasteiger partial charge is 0.337 e. The van der Waals surface area contributed by atoms with Gasteiger partial charge in [-0.3, -0.25) is 0 Å². The molecule has 0 aliphatic rings. The topological polar surface area (TPSA) is 63.3 Å². The van der Waals surface area contributed by atoms with Gasteiger partial charge in [0.15, 0.2) is 5.76 Å². The molecule has 2 aromatic rings. The van der Waals surface area contributed by atoms with Crippen molar-refractivity contribution in [2.24, 2.45) is 0 Å². The fourth-order valence-corrected chi connectivity index (χ4v) is 1.68. The van der Waals surface area contributed by atoms with Crippen LogP contribution in [0.1, 0.15) is 28.7 Å². The first-order chi connectivity index (χ1) is 8.11. The second-order valence-corrected chi connectivity index (χ2v) is 3.76. The van der Waals surface area contributed by atoms with Gasteiger partial charge in [-0.05, 0) is 37.6 Å². The average Bonchev–Trinajstić information content (AvgIpc) is 2.75. The number of pyridine rings is 1. The zero-order valence-corrected chi connectivity index (χ0v) is 9.73. The molecule has 0 spiro atoms. The van der Waals surface area contributed by atoms with Crippen LogP contribution in [0.25, 0.3) is 11.5 Å². The van der Waals surface area contributed by atoms with Crippen LogP contribution in [-0.2, 0) is 6.42 Å². The summed E-state index contributed by atoms with van der Waals surface area (Å²) in [6.45, 7) is 3.74. The minimum Gasteiger partial charge on any atom is -0.478 e. The van der Waals surface area contributed by atoms with Crippen molar-refractivity contribution in [3.63, 3.8) is 0 Å². The van der Waals surface area contributed by atoms with Crippen molar-refractivity contribution in [2.75, 3.05) is 0 Å². The number of rotatable bonds is 3. The van der Waals surface area contributed by atoms with E-state index in [2.05, 4.69) is 4.98 Å². The van der Waals surface area contributed by atoms with Gasteiger partial charge in [0.1, 0.15) is 11.5 Å². The van der Waals surface area contributed by atoms with E-state index in [1.54, 1.807) is 12.1 Å². The molecule has 0 bridgehead atoms. The Balaban J connectivity index is 2.48. The Morgan fingerprint density at radius 3 is 2.65 bits per heavy atom. The Labute approximate surface area is 98.9 Å². The van der Waals surface area contributed by atoms with Gasteiger partial charge in [0.05, 0.1) is 11.3 Å². The molecule has 0 saturated heterocycles. The number of furan rings is 1. The third kappa shape index (κ3) is 2.20. The van der Waals surface area contributed by atoms with Crippen LogP contribution in [0, 0.1) is 6.92 Å². The summed E-state index contributed by atoms with van der Waals surface area (Å²) in [5.41, 5.74) is 1.49. The molecule has 2 rings (SSSR count). The maximum atomic E-state index is 11.0. The number of aryl methyl sites for hydroxylation is 2. The molecule has 0 radical (unpaired) electrons. The normalized spacial score (nSPS) is 10.5. The monoisotopic (exact) mass is 231 g/mol. The minimum absolute atomic E-state index is 0.250. The van der Waals surface area contributed by atoms with E-state index in [-0.39, 0.29) is 5.56 Å². The van der Waals surface area contributed by atoms with Gasteiger partial charge < -0.3 is 9.52 Å². The van der Waals surface area contributed by atoms with Gasteiger partial charge in [-0.1, -0.05) is 6.92 Å². The first-order valence-corrected chi connectivity index (χ1v) is 5.42. The van der Waals surface area contributed by atoms with E-state index in [0.717, 1.165) is 5.76 Å². The number of aromatic nitrogens is 1. The Kier molecular flexibility index (Phi) is 2.95. The molecule has 0 aliphatic carbocycles. The quantitative estimate of drug-likeness (QED) is 0.882. The summed E-state index contributed by atoms with van der Waals surface area (Å²) in [5.74, 6) is 0.521. The highest BCUT2D eigenvalue weighted by molar-refractivity contribution is 5.89. The SMILES string of the molecule is CCc1nc(-c2ccc(C)o2)ccc1C(=O)O. The first-order valence-electron chi connectivity index (χ1n) is 5.42. The summed E-state index contributed by atoms with van der Waals surface area (Å²) < 4.78 is 5.46. The summed E-state index contributed by atoms with van der Waals surface area (Å²) in [6.07, 6.45) is 0.579. The molecule has 88 valence electrons. The molecular weight excluding hydrogens is 218 g/mol. The van der Waals surface area contributed by atoms with E-state index in [1.807, 2.05) is 26.0 Å². The fraction of sp³-hybridized carbons (Fsp3) is 0.231. The van der Waals surface area contributed by atoms with Crippen molar-refractivity contribution in [3.05, 3.63) is 41.3 Å². The van der Waals surface area contributed by atoms with E-state index in [1.165, 1.54) is 0 Å². The third-order valence-corrected chi connectivity index (χ3v) is 2.53. The zero-order valence-electron chi connectivity index (χ0n) is 9.73. The van der Waals surface area contributed by atoms with Crippen molar-refractivity contribution in [1.29, 1.82) is 0 Å². The maximum absolute atomic E-state index is 11.0. The second kappa shape index (κ2) is 4.41. The van der Waals surface area contributed by atoms with Gasteiger partial charge in [0.2, 0.25) is 0 Å². The summed E-state index contributed by atoms with van der Waals surface area (Å²) >= 11 is 0. The van der Waals surface area contributed by atoms with Crippen LogP contribution in [0.3, 0.4) is 0 Å². The minimum atomic E-state index is -0.948. The molecule has 2 heterocycles. The fourth-order valence-electron chi connectivity index (χ4n) is 1.68. The zero-order chi connectivity index (χ0) is 12.4. The van der Waals surface area contributed by atoms with Crippen molar-refractivity contribution in [3.8, 4) is 11.5 Å². The summed E-state index contributed by atoms with van der Waals surface area (Å²) in [6, 6.07) is 6.92. The van der Waals surface area contributed by atoms with Crippen LogP contribution in [0.4, 0.5) is 0 Å². The van der Waals surface area contributed by atoms with Crippen LogP contribution in [0.2, 0.25) is 0 Å². The van der Waals surface area contributed by atoms with E-state index in [0.29, 0.717) is 23.6 Å². The lowest BCUT2D eigenvalue weighted by molar-refractivity contribution is 0.0695. The van der Waals surface area contributed by atoms with E-state index < -0.39 is 5.97 Å². The lowest BCUT2D eigenvalue weighted by Crippen LogP contribution is -2.04. The van der Waals surface area contributed by atoms with Gasteiger partial charge in [0, 0.05) is 0 Å². The Morgan fingerprint density at radius 2 is 2.12 bits per heavy atom. The number of nitrogens with zero attached hydrogens (tertiary/aromatic N) is 1. The van der Waals surface area contributed by atoms with Crippen molar-refractivity contribution < 1.29 is 14.3 Å². The Morgan fingerprint density at radius 1 is 1.35 bits per heavy atom. The largest absolute Gasteiger partial charge is 0.478 e. The van der Waals surface area contributed by atoms with Crippen LogP contribution >= 0.6 is 0 Å². The van der Waals surface area contributed by atoms with Crippen LogP contribution < -0.4 is 0 Å². The van der Waals surface area contributed by atoms with Crippen LogP contribution in [-0.4, -0.2) is 16.1 Å². The number of aromatic carboxylic acids is 1. The predicted molar refractivity (Wildman–Crippen MR) is 63.0 cm³/mol. The standard InChI is InChI=1S/C13H13NO3/c1-3-10-9(13(15)16)5-6-11(14-10)12-7-4-8(2)17-12/h4-7H,3H2,1-2H3,(H,15,16). The predicted octanol–water partition coefficient (Wildman–Crippen LogP) is 2.91. The lowest BCUT2D eigenvalue weighted by atomic mass is 10.1. The van der Waals surface area contributed by atoms with E-state index in [4.69, 9.17) is 9.52 Å². The van der Waals surface area contributed by atoms with Crippen LogP contribution in [0.15, 0.2) is 28.7 Å². The van der Waals surface area contributed by atoms with E-state index >= 15 is 0 Å². The molecule has 4 nitrogen and oxygen atoms in total. The molecule has 0 amide bonds. The van der Waals surface area contributed by atoms with Crippen molar-refractivity contribution >= 4 is 5.97 Å². The molecule has 1 N–H and O–H groups in total. The summed E-state index contributed by atoms with van der Waals surface area (Å²) in [5, 5.41) is 9.00. The lowest BCUT2D eigenvalue weighted by Gasteiger charge is -2.04. The summed E-state index contributed by atoms with van der Waals surface area (Å²) in [7, 11) is 0. The number of hydrogen-bond acceptors (Lipinski definition) is 3. The van der Waals surface area contributed by atoms with Gasteiger partial charge in [0.25, 0.3) is 0 Å². The van der Waals surface area contributed by atoms with Gasteiger partial charge in [-0.2, -0.15) is 0 Å². The molecule has 17 heavy (non-hydrogen) atoms. The Hall–Kier alpha value is -2.10. The van der Waals surface area contributed by atoms with Crippen molar-refractivity contribution in [1.82, 2.24) is 4.98 Å². The molecule has 4 heteroatoms. The van der Waals surface area contributed by atoms with Gasteiger partial charge in [-0.15, -0.1) is 0 Å². The van der Waals surface area contributed by atoms with Crippen LogP contribution in [0.5, 0.6) is 0 Å². The van der Waals surface area contributed by atoms with Crippen molar-refractivity contribution in [2.45, 2.75) is 20.3 Å². The van der Waals surface area contributed by atoms with Gasteiger partial charge >= 0.3 is 5.97 Å². The second-order valence-electron chi connectivity index (χ2n) is 3.76. The highest BCUT2D eigenvalue weighted by Crippen LogP contribution is 2.21. The molecule has 0 atom stereocenters.